The summed E-state index contributed by atoms with van der Waals surface area (Å²) in [7, 11) is 2.85. The second kappa shape index (κ2) is 8.78. The van der Waals surface area contributed by atoms with E-state index in [0.717, 1.165) is 0 Å². The number of ether oxygens (including phenoxy) is 2. The molecule has 0 radical (unpaired) electrons. The molecule has 2 aromatic carbocycles. The third kappa shape index (κ3) is 4.50. The number of hydrogen-bond donors (Lipinski definition) is 3. The minimum atomic E-state index is -0.150. The van der Waals surface area contributed by atoms with Crippen molar-refractivity contribution in [3.8, 4) is 23.0 Å². The normalized spacial score (nSPS) is 17.0. The first-order chi connectivity index (χ1) is 13.8. The van der Waals surface area contributed by atoms with Crippen LogP contribution >= 0.6 is 23.2 Å². The molecule has 1 aliphatic rings. The lowest BCUT2D eigenvalue weighted by Crippen LogP contribution is -2.32. The minimum Gasteiger partial charge on any atom is -0.503 e. The number of halogens is 2. The van der Waals surface area contributed by atoms with Crippen LogP contribution in [0.5, 0.6) is 23.0 Å². The molecule has 0 spiro atoms. The molecule has 1 heterocycles. The van der Waals surface area contributed by atoms with Gasteiger partial charge in [-0.15, -0.1) is 0 Å². The fourth-order valence-corrected chi connectivity index (χ4v) is 3.44. The first kappa shape index (κ1) is 21.0. The van der Waals surface area contributed by atoms with Crippen molar-refractivity contribution in [3.63, 3.8) is 0 Å². The average Bonchev–Trinajstić information content (AvgIpc) is 2.70. The topological polar surface area (TPSA) is 88.0 Å². The fourth-order valence-electron chi connectivity index (χ4n) is 3.00. The number of carbonyl (C=O) groups is 1. The molecule has 3 rings (SSSR count). The molecule has 1 fully saturated rings. The number of ketones is 1. The predicted molar refractivity (Wildman–Crippen MR) is 113 cm³/mol. The molecule has 0 amide bonds. The number of Topliss-reactive ketones (excluding diaryl/α,β-unsaturated/α-hetero) is 1. The number of rotatable bonds is 4. The van der Waals surface area contributed by atoms with E-state index >= 15 is 0 Å². The molecule has 29 heavy (non-hydrogen) atoms. The lowest BCUT2D eigenvalue weighted by molar-refractivity contribution is -0.112. The van der Waals surface area contributed by atoms with Crippen molar-refractivity contribution >= 4 is 41.1 Å². The van der Waals surface area contributed by atoms with Crippen LogP contribution in [-0.4, -0.2) is 43.3 Å². The largest absolute Gasteiger partial charge is 0.503 e. The number of piperidine rings is 1. The Bertz CT molecular complexity index is 951. The van der Waals surface area contributed by atoms with E-state index in [1.807, 2.05) is 0 Å². The zero-order chi connectivity index (χ0) is 21.1. The summed E-state index contributed by atoms with van der Waals surface area (Å²) < 4.78 is 10.2. The van der Waals surface area contributed by atoms with Gasteiger partial charge in [-0.05, 0) is 47.5 Å². The van der Waals surface area contributed by atoms with Crippen molar-refractivity contribution in [2.24, 2.45) is 0 Å². The summed E-state index contributed by atoms with van der Waals surface area (Å²) >= 11 is 12.1. The maximum absolute atomic E-state index is 12.9. The Kier molecular flexibility index (Phi) is 6.37. The predicted octanol–water partition coefficient (Wildman–Crippen LogP) is 4.06. The third-order valence-corrected chi connectivity index (χ3v) is 5.01. The van der Waals surface area contributed by atoms with Crippen LogP contribution in [0.4, 0.5) is 0 Å². The molecule has 8 heteroatoms. The summed E-state index contributed by atoms with van der Waals surface area (Å²) in [6.45, 7) is 0.771. The van der Waals surface area contributed by atoms with Crippen molar-refractivity contribution in [2.75, 3.05) is 27.3 Å². The smallest absolute Gasteiger partial charge is 0.187 e. The van der Waals surface area contributed by atoms with Gasteiger partial charge in [-0.1, -0.05) is 23.2 Å². The first-order valence-corrected chi connectivity index (χ1v) is 9.39. The van der Waals surface area contributed by atoms with Gasteiger partial charge in [0, 0.05) is 24.2 Å². The highest BCUT2D eigenvalue weighted by Gasteiger charge is 2.21. The molecule has 152 valence electrons. The van der Waals surface area contributed by atoms with E-state index in [1.54, 1.807) is 36.4 Å². The summed E-state index contributed by atoms with van der Waals surface area (Å²) in [5.74, 6) is 0.0192. The molecule has 2 aromatic rings. The number of nitrogens with one attached hydrogen (secondary N) is 1. The maximum atomic E-state index is 12.9. The molecule has 3 N–H and O–H groups in total. The number of phenolic OH excluding ortho intramolecular Hbond substituents is 2. The molecule has 0 bridgehead atoms. The first-order valence-electron chi connectivity index (χ1n) is 8.63. The van der Waals surface area contributed by atoms with Gasteiger partial charge in [0.15, 0.2) is 28.8 Å². The van der Waals surface area contributed by atoms with Gasteiger partial charge >= 0.3 is 0 Å². The fraction of sp³-hybridized carbons (Fsp3) is 0.190. The van der Waals surface area contributed by atoms with E-state index < -0.39 is 0 Å². The van der Waals surface area contributed by atoms with Gasteiger partial charge in [0.2, 0.25) is 0 Å². The Morgan fingerprint density at radius 2 is 1.28 bits per heavy atom. The molecular formula is C21H19Cl2NO5. The summed E-state index contributed by atoms with van der Waals surface area (Å²) in [5.41, 5.74) is 2.32. The van der Waals surface area contributed by atoms with Crippen molar-refractivity contribution < 1.29 is 24.5 Å². The monoisotopic (exact) mass is 435 g/mol. The number of hydrogen-bond acceptors (Lipinski definition) is 6. The van der Waals surface area contributed by atoms with E-state index in [4.69, 9.17) is 32.7 Å². The zero-order valence-corrected chi connectivity index (χ0v) is 17.3. The molecule has 0 atom stereocenters. The molecule has 0 aromatic heterocycles. The lowest BCUT2D eigenvalue weighted by atomic mass is 9.95. The molecule has 6 nitrogen and oxygen atoms in total. The van der Waals surface area contributed by atoms with Gasteiger partial charge in [-0.25, -0.2) is 0 Å². The molecule has 0 saturated carbocycles. The Morgan fingerprint density at radius 1 is 0.862 bits per heavy atom. The van der Waals surface area contributed by atoms with E-state index in [-0.39, 0.29) is 38.8 Å². The highest BCUT2D eigenvalue weighted by Crippen LogP contribution is 2.37. The summed E-state index contributed by atoms with van der Waals surface area (Å²) in [6.07, 6.45) is 3.39. The molecule has 0 aliphatic carbocycles. The second-order valence-corrected chi connectivity index (χ2v) is 7.19. The van der Waals surface area contributed by atoms with E-state index in [9.17, 15) is 15.0 Å². The molecule has 1 saturated heterocycles. The minimum absolute atomic E-state index is 0.130. The van der Waals surface area contributed by atoms with Crippen LogP contribution in [0.1, 0.15) is 11.1 Å². The quantitative estimate of drug-likeness (QED) is 0.627. The van der Waals surface area contributed by atoms with Crippen LogP contribution in [0.25, 0.3) is 12.2 Å². The number of aromatic hydroxyl groups is 2. The van der Waals surface area contributed by atoms with Gasteiger partial charge < -0.3 is 25.0 Å². The van der Waals surface area contributed by atoms with E-state index in [2.05, 4.69) is 5.32 Å². The van der Waals surface area contributed by atoms with Crippen molar-refractivity contribution in [1.82, 2.24) is 5.32 Å². The highest BCUT2D eigenvalue weighted by atomic mass is 35.5. The van der Waals surface area contributed by atoms with Crippen LogP contribution in [0, 0.1) is 0 Å². The van der Waals surface area contributed by atoms with Crippen LogP contribution in [0.3, 0.4) is 0 Å². The van der Waals surface area contributed by atoms with Gasteiger partial charge in [0.1, 0.15) is 0 Å². The van der Waals surface area contributed by atoms with Crippen LogP contribution < -0.4 is 14.8 Å². The Hall–Kier alpha value is -2.67. The van der Waals surface area contributed by atoms with Gasteiger partial charge in [0.25, 0.3) is 0 Å². The summed E-state index contributed by atoms with van der Waals surface area (Å²) in [4.78, 5) is 12.9. The van der Waals surface area contributed by atoms with Gasteiger partial charge in [-0.3, -0.25) is 4.79 Å². The maximum Gasteiger partial charge on any atom is 0.187 e. The lowest BCUT2D eigenvalue weighted by Gasteiger charge is -2.18. The van der Waals surface area contributed by atoms with Crippen molar-refractivity contribution in [2.45, 2.75) is 0 Å². The number of benzene rings is 2. The van der Waals surface area contributed by atoms with E-state index in [0.29, 0.717) is 35.4 Å². The van der Waals surface area contributed by atoms with E-state index in [1.165, 1.54) is 14.2 Å². The standard InChI is InChI=1S/C21H19Cl2NO5/c1-28-17-7-11(5-15(22)20(17)26)3-13-9-24-10-14(19(13)25)4-12-6-16(23)21(27)18(8-12)29-2/h3-8,24,26-27H,9-10H2,1-2H3. The van der Waals surface area contributed by atoms with Gasteiger partial charge in [-0.2, -0.15) is 0 Å². The second-order valence-electron chi connectivity index (χ2n) is 6.38. The average molecular weight is 436 g/mol. The number of carbonyl (C=O) groups excluding carboxylic acids is 1. The van der Waals surface area contributed by atoms with Crippen LogP contribution in [0.2, 0.25) is 10.0 Å². The molecular weight excluding hydrogens is 417 g/mol. The zero-order valence-electron chi connectivity index (χ0n) is 15.8. The van der Waals surface area contributed by atoms with Crippen molar-refractivity contribution in [3.05, 3.63) is 56.6 Å². The van der Waals surface area contributed by atoms with Gasteiger partial charge in [0.05, 0.1) is 24.3 Å². The van der Waals surface area contributed by atoms with Crippen molar-refractivity contribution in [1.29, 1.82) is 0 Å². The number of phenols is 2. The molecule has 1 aliphatic heterocycles. The summed E-state index contributed by atoms with van der Waals surface area (Å²) in [5, 5.41) is 23.2. The molecule has 0 unspecified atom stereocenters. The third-order valence-electron chi connectivity index (χ3n) is 4.44. The Labute approximate surface area is 178 Å². The highest BCUT2D eigenvalue weighted by molar-refractivity contribution is 6.32. The van der Waals surface area contributed by atoms with Crippen LogP contribution in [-0.2, 0) is 4.79 Å². The number of methoxy groups -OCH3 is 2. The Balaban J connectivity index is 1.95. The Morgan fingerprint density at radius 3 is 1.66 bits per heavy atom. The van der Waals surface area contributed by atoms with Crippen LogP contribution in [0.15, 0.2) is 35.4 Å². The SMILES string of the molecule is COc1cc(C=C2CNCC(=Cc3cc(Cl)c(O)c(OC)c3)C2=O)cc(Cl)c1O. The summed E-state index contributed by atoms with van der Waals surface area (Å²) in [6, 6.07) is 6.32.